The lowest BCUT2D eigenvalue weighted by Crippen LogP contribution is -2.32. The molecule has 96 valence electrons. The quantitative estimate of drug-likeness (QED) is 0.889. The van der Waals surface area contributed by atoms with Crippen LogP contribution >= 0.6 is 0 Å². The average molecular weight is 243 g/mol. The first kappa shape index (κ1) is 11.8. The van der Waals surface area contributed by atoms with Gasteiger partial charge in [-0.3, -0.25) is 4.90 Å². The molecule has 1 aromatic carbocycles. The molecule has 3 nitrogen and oxygen atoms in total. The maximum absolute atomic E-state index is 3.43. The zero-order valence-electron chi connectivity index (χ0n) is 11.2. The Kier molecular flexibility index (Phi) is 3.10. The highest BCUT2D eigenvalue weighted by molar-refractivity contribution is 5.83. The highest BCUT2D eigenvalue weighted by atomic mass is 15.2. The van der Waals surface area contributed by atoms with E-state index in [1.807, 2.05) is 0 Å². The summed E-state index contributed by atoms with van der Waals surface area (Å²) in [6.45, 7) is 3.32. The molecular weight excluding hydrogens is 222 g/mol. The zero-order valence-corrected chi connectivity index (χ0v) is 11.2. The van der Waals surface area contributed by atoms with Gasteiger partial charge in [0.1, 0.15) is 0 Å². The first-order valence-corrected chi connectivity index (χ1v) is 6.69. The smallest absolute Gasteiger partial charge is 0.0481 e. The molecule has 1 unspecified atom stereocenters. The molecule has 1 aliphatic rings. The van der Waals surface area contributed by atoms with Gasteiger partial charge in [-0.1, -0.05) is 18.2 Å². The Morgan fingerprint density at radius 3 is 3.00 bits per heavy atom. The van der Waals surface area contributed by atoms with Gasteiger partial charge in [0.15, 0.2) is 0 Å². The molecule has 3 heteroatoms. The van der Waals surface area contributed by atoms with Crippen LogP contribution in [0.15, 0.2) is 30.5 Å². The van der Waals surface area contributed by atoms with E-state index >= 15 is 0 Å². The number of likely N-dealkylation sites (N-methyl/N-ethyl adjacent to an activating group) is 1. The van der Waals surface area contributed by atoms with E-state index in [1.165, 1.54) is 22.9 Å². The van der Waals surface area contributed by atoms with E-state index in [0.29, 0.717) is 6.04 Å². The van der Waals surface area contributed by atoms with Crippen molar-refractivity contribution in [1.29, 1.82) is 0 Å². The number of para-hydroxylation sites is 1. The predicted octanol–water partition coefficient (Wildman–Crippen LogP) is 1.97. The molecule has 2 aromatic rings. The molecule has 1 fully saturated rings. The number of benzene rings is 1. The van der Waals surface area contributed by atoms with Crippen molar-refractivity contribution in [2.24, 2.45) is 7.05 Å². The maximum Gasteiger partial charge on any atom is 0.0481 e. The van der Waals surface area contributed by atoms with Crippen molar-refractivity contribution in [2.45, 2.75) is 19.0 Å². The second-order valence-corrected chi connectivity index (χ2v) is 5.34. The van der Waals surface area contributed by atoms with Crippen molar-refractivity contribution in [3.8, 4) is 0 Å². The van der Waals surface area contributed by atoms with Crippen molar-refractivity contribution in [3.05, 3.63) is 36.0 Å². The minimum atomic E-state index is 0.684. The van der Waals surface area contributed by atoms with Crippen molar-refractivity contribution in [1.82, 2.24) is 14.8 Å². The van der Waals surface area contributed by atoms with Gasteiger partial charge in [0.25, 0.3) is 0 Å². The number of nitrogens with one attached hydrogen (secondary N) is 1. The van der Waals surface area contributed by atoms with Crippen LogP contribution in [-0.4, -0.2) is 35.6 Å². The highest BCUT2D eigenvalue weighted by Crippen LogP contribution is 2.22. The Hall–Kier alpha value is -1.32. The van der Waals surface area contributed by atoms with E-state index in [2.05, 4.69) is 59.3 Å². The second-order valence-electron chi connectivity index (χ2n) is 5.34. The molecule has 0 aliphatic carbocycles. The van der Waals surface area contributed by atoms with E-state index in [-0.39, 0.29) is 0 Å². The van der Waals surface area contributed by atoms with Crippen molar-refractivity contribution >= 4 is 10.9 Å². The number of fused-ring (bicyclic) bond motifs is 1. The third-order valence-corrected chi connectivity index (χ3v) is 4.06. The van der Waals surface area contributed by atoms with Gasteiger partial charge in [0, 0.05) is 43.3 Å². The summed E-state index contributed by atoms with van der Waals surface area (Å²) in [6, 6.07) is 9.34. The standard InChI is InChI=1S/C15H21N3/c1-17(13-7-8-16-9-13)10-12-11-18(2)15-6-4-3-5-14(12)15/h3-6,11,13,16H,7-10H2,1-2H3. The van der Waals surface area contributed by atoms with E-state index < -0.39 is 0 Å². The normalized spacial score (nSPS) is 20.1. The minimum Gasteiger partial charge on any atom is -0.350 e. The fraction of sp³-hybridized carbons (Fsp3) is 0.467. The lowest BCUT2D eigenvalue weighted by atomic mass is 10.1. The van der Waals surface area contributed by atoms with Gasteiger partial charge in [-0.15, -0.1) is 0 Å². The molecular formula is C15H21N3. The zero-order chi connectivity index (χ0) is 12.5. The minimum absolute atomic E-state index is 0.684. The third-order valence-electron chi connectivity index (χ3n) is 4.06. The van der Waals surface area contributed by atoms with Crippen molar-refractivity contribution < 1.29 is 0 Å². The molecule has 0 saturated carbocycles. The van der Waals surface area contributed by atoms with Crippen LogP contribution in [-0.2, 0) is 13.6 Å². The van der Waals surface area contributed by atoms with Crippen LogP contribution in [0.1, 0.15) is 12.0 Å². The van der Waals surface area contributed by atoms with Crippen LogP contribution in [0.2, 0.25) is 0 Å². The summed E-state index contributed by atoms with van der Waals surface area (Å²) in [6.07, 6.45) is 3.53. The summed E-state index contributed by atoms with van der Waals surface area (Å²) in [4.78, 5) is 2.47. The van der Waals surface area contributed by atoms with Crippen LogP contribution in [0.5, 0.6) is 0 Å². The van der Waals surface area contributed by atoms with Crippen molar-refractivity contribution in [2.75, 3.05) is 20.1 Å². The fourth-order valence-electron chi connectivity index (χ4n) is 2.97. The fourth-order valence-corrected chi connectivity index (χ4v) is 2.97. The average Bonchev–Trinajstić information content (AvgIpc) is 3.00. The SMILES string of the molecule is CN(Cc1cn(C)c2ccccc12)C1CCNC1. The molecule has 0 radical (unpaired) electrons. The van der Waals surface area contributed by atoms with E-state index in [1.54, 1.807) is 0 Å². The molecule has 0 spiro atoms. The van der Waals surface area contributed by atoms with Gasteiger partial charge < -0.3 is 9.88 Å². The number of aryl methyl sites for hydroxylation is 1. The Morgan fingerprint density at radius 2 is 2.22 bits per heavy atom. The number of hydrogen-bond acceptors (Lipinski definition) is 2. The predicted molar refractivity (Wildman–Crippen MR) is 75.7 cm³/mol. The molecule has 1 aliphatic heterocycles. The summed E-state index contributed by atoms with van der Waals surface area (Å²) in [5.41, 5.74) is 2.76. The number of rotatable bonds is 3. The lowest BCUT2D eigenvalue weighted by Gasteiger charge is -2.23. The number of aromatic nitrogens is 1. The second kappa shape index (κ2) is 4.75. The molecule has 1 saturated heterocycles. The van der Waals surface area contributed by atoms with Gasteiger partial charge in [-0.05, 0) is 31.6 Å². The molecule has 0 amide bonds. The van der Waals surface area contributed by atoms with Gasteiger partial charge in [0.05, 0.1) is 0 Å². The molecule has 3 rings (SSSR count). The summed E-state index contributed by atoms with van der Waals surface area (Å²) in [5, 5.41) is 4.82. The summed E-state index contributed by atoms with van der Waals surface area (Å²) < 4.78 is 2.23. The third kappa shape index (κ3) is 2.04. The van der Waals surface area contributed by atoms with E-state index in [0.717, 1.165) is 19.6 Å². The maximum atomic E-state index is 3.43. The molecule has 0 bridgehead atoms. The van der Waals surface area contributed by atoms with Crippen LogP contribution < -0.4 is 5.32 Å². The number of hydrogen-bond donors (Lipinski definition) is 1. The Balaban J connectivity index is 1.86. The van der Waals surface area contributed by atoms with Gasteiger partial charge in [-0.2, -0.15) is 0 Å². The van der Waals surface area contributed by atoms with Crippen LogP contribution in [0, 0.1) is 0 Å². The lowest BCUT2D eigenvalue weighted by molar-refractivity contribution is 0.249. The molecule has 18 heavy (non-hydrogen) atoms. The molecule has 1 atom stereocenters. The largest absolute Gasteiger partial charge is 0.350 e. The van der Waals surface area contributed by atoms with Gasteiger partial charge in [0.2, 0.25) is 0 Å². The first-order valence-electron chi connectivity index (χ1n) is 6.69. The Morgan fingerprint density at radius 1 is 1.39 bits per heavy atom. The summed E-state index contributed by atoms with van der Waals surface area (Å²) in [7, 11) is 4.36. The van der Waals surface area contributed by atoms with E-state index in [9.17, 15) is 0 Å². The van der Waals surface area contributed by atoms with Crippen LogP contribution in [0.3, 0.4) is 0 Å². The van der Waals surface area contributed by atoms with E-state index in [4.69, 9.17) is 0 Å². The summed E-state index contributed by atoms with van der Waals surface area (Å²) >= 11 is 0. The van der Waals surface area contributed by atoms with Crippen LogP contribution in [0.4, 0.5) is 0 Å². The van der Waals surface area contributed by atoms with Crippen LogP contribution in [0.25, 0.3) is 10.9 Å². The van der Waals surface area contributed by atoms with Gasteiger partial charge >= 0.3 is 0 Å². The first-order chi connectivity index (χ1) is 8.75. The molecule has 2 heterocycles. The molecule has 1 aromatic heterocycles. The number of nitrogens with zero attached hydrogens (tertiary/aromatic N) is 2. The Labute approximate surface area is 108 Å². The monoisotopic (exact) mass is 243 g/mol. The Bertz CT molecular complexity index is 538. The molecule has 1 N–H and O–H groups in total. The summed E-state index contributed by atoms with van der Waals surface area (Å²) in [5.74, 6) is 0. The highest BCUT2D eigenvalue weighted by Gasteiger charge is 2.20. The van der Waals surface area contributed by atoms with Gasteiger partial charge in [-0.25, -0.2) is 0 Å². The topological polar surface area (TPSA) is 20.2 Å². The van der Waals surface area contributed by atoms with Crippen molar-refractivity contribution in [3.63, 3.8) is 0 Å².